The highest BCUT2D eigenvalue weighted by molar-refractivity contribution is 7.15. The number of benzene rings is 2. The Hall–Kier alpha value is -2.15. The minimum atomic E-state index is -1.09. The summed E-state index contributed by atoms with van der Waals surface area (Å²) >= 11 is 13.1. The normalized spacial score (nSPS) is 11.3. The zero-order valence-corrected chi connectivity index (χ0v) is 17.0. The van der Waals surface area contributed by atoms with Crippen LogP contribution in [0.15, 0.2) is 48.5 Å². The summed E-state index contributed by atoms with van der Waals surface area (Å²) in [4.78, 5) is 12.6. The number of hydrogen-bond donors (Lipinski definition) is 1. The van der Waals surface area contributed by atoms with E-state index < -0.39 is 5.60 Å². The van der Waals surface area contributed by atoms with Crippen LogP contribution in [0.3, 0.4) is 0 Å². The third-order valence-corrected chi connectivity index (χ3v) is 5.03. The second kappa shape index (κ2) is 8.25. The third kappa shape index (κ3) is 5.42. The van der Waals surface area contributed by atoms with Crippen molar-refractivity contribution in [2.75, 3.05) is 5.32 Å². The molecule has 0 aliphatic heterocycles. The zero-order chi connectivity index (χ0) is 19.4. The fraction of sp³-hybridized carbons (Fsp3) is 0.211. The summed E-state index contributed by atoms with van der Waals surface area (Å²) in [7, 11) is 0. The molecule has 0 saturated carbocycles. The molecule has 1 heterocycles. The number of carbonyl (C=O) groups excluding carboxylic acids is 1. The molecule has 0 radical (unpaired) electrons. The number of amides is 1. The maximum absolute atomic E-state index is 12.6. The molecular weight excluding hydrogens is 405 g/mol. The highest BCUT2D eigenvalue weighted by Gasteiger charge is 2.31. The number of nitrogens with zero attached hydrogens (tertiary/aromatic N) is 2. The largest absolute Gasteiger partial charge is 0.478 e. The van der Waals surface area contributed by atoms with Crippen LogP contribution < -0.4 is 10.1 Å². The first kappa shape index (κ1) is 19.6. The standard InChI is InChI=1S/C19H17Cl2N3O2S/c1-19(2,26-15-9-7-14(21)8-10-15)17(25)22-18-24-23-16(27-18)11-12-3-5-13(20)6-4-12/h3-10H,11H2,1-2H3,(H,22,24,25). The molecule has 1 N–H and O–H groups in total. The van der Waals surface area contributed by atoms with Crippen molar-refractivity contribution in [1.82, 2.24) is 10.2 Å². The first-order valence-corrected chi connectivity index (χ1v) is 9.72. The molecule has 1 amide bonds. The summed E-state index contributed by atoms with van der Waals surface area (Å²) in [6.45, 7) is 3.37. The predicted octanol–water partition coefficient (Wildman–Crippen LogP) is 5.23. The Morgan fingerprint density at radius 2 is 1.63 bits per heavy atom. The van der Waals surface area contributed by atoms with Crippen molar-refractivity contribution < 1.29 is 9.53 Å². The Bertz CT molecular complexity index is 925. The van der Waals surface area contributed by atoms with Gasteiger partial charge in [0, 0.05) is 16.5 Å². The van der Waals surface area contributed by atoms with Crippen molar-refractivity contribution in [3.05, 3.63) is 69.1 Å². The topological polar surface area (TPSA) is 64.1 Å². The van der Waals surface area contributed by atoms with Crippen molar-refractivity contribution in [3.63, 3.8) is 0 Å². The van der Waals surface area contributed by atoms with Gasteiger partial charge in [0.25, 0.3) is 5.91 Å². The van der Waals surface area contributed by atoms with Gasteiger partial charge in [0.05, 0.1) is 0 Å². The van der Waals surface area contributed by atoms with Gasteiger partial charge in [-0.25, -0.2) is 0 Å². The first-order valence-electron chi connectivity index (χ1n) is 8.15. The minimum absolute atomic E-state index is 0.313. The molecule has 0 spiro atoms. The van der Waals surface area contributed by atoms with E-state index >= 15 is 0 Å². The molecule has 1 aromatic heterocycles. The van der Waals surface area contributed by atoms with Crippen LogP contribution >= 0.6 is 34.5 Å². The summed E-state index contributed by atoms with van der Waals surface area (Å²) in [5.41, 5.74) is -0.0182. The molecular formula is C19H17Cl2N3O2S. The lowest BCUT2D eigenvalue weighted by Crippen LogP contribution is -2.42. The summed E-state index contributed by atoms with van der Waals surface area (Å²) in [5, 5.41) is 13.4. The molecule has 27 heavy (non-hydrogen) atoms. The summed E-state index contributed by atoms with van der Waals surface area (Å²) in [6, 6.07) is 14.4. The van der Waals surface area contributed by atoms with Gasteiger partial charge in [0.2, 0.25) is 5.13 Å². The number of ether oxygens (including phenoxy) is 1. The van der Waals surface area contributed by atoms with Crippen molar-refractivity contribution in [2.24, 2.45) is 0 Å². The molecule has 0 saturated heterocycles. The number of halogens is 2. The van der Waals surface area contributed by atoms with Crippen molar-refractivity contribution in [1.29, 1.82) is 0 Å². The quantitative estimate of drug-likeness (QED) is 0.591. The Kier molecular flexibility index (Phi) is 5.99. The van der Waals surface area contributed by atoms with Gasteiger partial charge in [0.1, 0.15) is 10.8 Å². The maximum atomic E-state index is 12.6. The minimum Gasteiger partial charge on any atom is -0.478 e. The van der Waals surface area contributed by atoms with Crippen LogP contribution in [0.1, 0.15) is 24.4 Å². The first-order chi connectivity index (χ1) is 12.8. The predicted molar refractivity (Wildman–Crippen MR) is 109 cm³/mol. The van der Waals surface area contributed by atoms with Crippen LogP contribution in [0.25, 0.3) is 0 Å². The van der Waals surface area contributed by atoms with Crippen molar-refractivity contribution in [3.8, 4) is 5.75 Å². The fourth-order valence-electron chi connectivity index (χ4n) is 2.24. The number of rotatable bonds is 6. The number of carbonyl (C=O) groups is 1. The molecule has 0 atom stereocenters. The van der Waals surface area contributed by atoms with Crippen LogP contribution in [0.5, 0.6) is 5.75 Å². The molecule has 2 aromatic carbocycles. The molecule has 3 rings (SSSR count). The number of anilines is 1. The lowest BCUT2D eigenvalue weighted by molar-refractivity contribution is -0.128. The van der Waals surface area contributed by atoms with E-state index in [9.17, 15) is 4.79 Å². The van der Waals surface area contributed by atoms with Gasteiger partial charge in [-0.1, -0.05) is 46.7 Å². The summed E-state index contributed by atoms with van der Waals surface area (Å²) in [5.74, 6) is 0.242. The molecule has 0 aliphatic carbocycles. The van der Waals surface area contributed by atoms with Gasteiger partial charge in [-0.15, -0.1) is 10.2 Å². The van der Waals surface area contributed by atoms with E-state index in [1.165, 1.54) is 11.3 Å². The van der Waals surface area contributed by atoms with Gasteiger partial charge in [-0.05, 0) is 55.8 Å². The Balaban J connectivity index is 1.62. The Morgan fingerprint density at radius 3 is 2.26 bits per heavy atom. The van der Waals surface area contributed by atoms with E-state index in [-0.39, 0.29) is 5.91 Å². The van der Waals surface area contributed by atoms with Crippen molar-refractivity contribution in [2.45, 2.75) is 25.9 Å². The third-order valence-electron chi connectivity index (χ3n) is 3.69. The molecule has 3 aromatic rings. The second-order valence-corrected chi connectivity index (χ2v) is 8.26. The van der Waals surface area contributed by atoms with Crippen LogP contribution in [0, 0.1) is 0 Å². The van der Waals surface area contributed by atoms with Crippen LogP contribution in [0.4, 0.5) is 5.13 Å². The van der Waals surface area contributed by atoms with Crippen molar-refractivity contribution >= 4 is 45.6 Å². The van der Waals surface area contributed by atoms with Gasteiger partial charge >= 0.3 is 0 Å². The van der Waals surface area contributed by atoms with E-state index in [1.807, 2.05) is 24.3 Å². The average Bonchev–Trinajstić information content (AvgIpc) is 3.06. The van der Waals surface area contributed by atoms with E-state index in [0.717, 1.165) is 10.6 Å². The van der Waals surface area contributed by atoms with E-state index in [4.69, 9.17) is 27.9 Å². The zero-order valence-electron chi connectivity index (χ0n) is 14.7. The SMILES string of the molecule is CC(C)(Oc1ccc(Cl)cc1)C(=O)Nc1nnc(Cc2ccc(Cl)cc2)s1. The highest BCUT2D eigenvalue weighted by Crippen LogP contribution is 2.24. The monoisotopic (exact) mass is 421 g/mol. The summed E-state index contributed by atoms with van der Waals surface area (Å²) < 4.78 is 5.78. The van der Waals surface area contributed by atoms with Gasteiger partial charge in [0.15, 0.2) is 5.60 Å². The van der Waals surface area contributed by atoms with Gasteiger partial charge < -0.3 is 4.74 Å². The highest BCUT2D eigenvalue weighted by atomic mass is 35.5. The summed E-state index contributed by atoms with van der Waals surface area (Å²) in [6.07, 6.45) is 0.620. The van der Waals surface area contributed by atoms with Gasteiger partial charge in [-0.2, -0.15) is 0 Å². The smallest absolute Gasteiger partial charge is 0.269 e. The Labute approximate surface area is 171 Å². The lowest BCUT2D eigenvalue weighted by Gasteiger charge is -2.24. The van der Waals surface area contributed by atoms with Crippen LogP contribution in [-0.2, 0) is 11.2 Å². The van der Waals surface area contributed by atoms with E-state index in [0.29, 0.717) is 27.3 Å². The van der Waals surface area contributed by atoms with E-state index in [1.54, 1.807) is 38.1 Å². The molecule has 0 fully saturated rings. The Morgan fingerprint density at radius 1 is 1.04 bits per heavy atom. The molecule has 0 aliphatic rings. The van der Waals surface area contributed by atoms with Gasteiger partial charge in [-0.3, -0.25) is 10.1 Å². The fourth-order valence-corrected chi connectivity index (χ4v) is 3.26. The average molecular weight is 422 g/mol. The maximum Gasteiger partial charge on any atom is 0.269 e. The molecule has 0 unspecified atom stereocenters. The second-order valence-electron chi connectivity index (χ2n) is 6.32. The molecule has 8 heteroatoms. The molecule has 5 nitrogen and oxygen atoms in total. The van der Waals surface area contributed by atoms with E-state index in [2.05, 4.69) is 15.5 Å². The van der Waals surface area contributed by atoms with Crippen LogP contribution in [-0.4, -0.2) is 21.7 Å². The number of hydrogen-bond acceptors (Lipinski definition) is 5. The van der Waals surface area contributed by atoms with Crippen LogP contribution in [0.2, 0.25) is 10.0 Å². The lowest BCUT2D eigenvalue weighted by atomic mass is 10.1. The number of aromatic nitrogens is 2. The molecule has 140 valence electrons. The molecule has 0 bridgehead atoms. The number of nitrogens with one attached hydrogen (secondary N) is 1.